The van der Waals surface area contributed by atoms with Crippen molar-refractivity contribution < 1.29 is 0 Å². The van der Waals surface area contributed by atoms with Gasteiger partial charge in [0.25, 0.3) is 0 Å². The maximum atomic E-state index is 4.34. The first-order valence-corrected chi connectivity index (χ1v) is 10.9. The molecule has 1 saturated carbocycles. The molecule has 136 valence electrons. The van der Waals surface area contributed by atoms with Crippen molar-refractivity contribution in [3.05, 3.63) is 12.2 Å². The molecular formula is C23H44. The first kappa shape index (κ1) is 20.8. The highest BCUT2D eigenvalue weighted by molar-refractivity contribution is 4.93. The third kappa shape index (κ3) is 10.3. The molecule has 1 fully saturated rings. The summed E-state index contributed by atoms with van der Waals surface area (Å²) >= 11 is 0. The molecule has 0 amide bonds. The van der Waals surface area contributed by atoms with Crippen LogP contribution < -0.4 is 0 Å². The molecular weight excluding hydrogens is 276 g/mol. The van der Waals surface area contributed by atoms with Crippen LogP contribution >= 0.6 is 0 Å². The summed E-state index contributed by atoms with van der Waals surface area (Å²) in [6.45, 7) is 8.97. The highest BCUT2D eigenvalue weighted by Gasteiger charge is 2.23. The second-order valence-corrected chi connectivity index (χ2v) is 8.11. The van der Waals surface area contributed by atoms with E-state index in [4.69, 9.17) is 0 Å². The molecule has 1 rings (SSSR count). The summed E-state index contributed by atoms with van der Waals surface area (Å²) in [7, 11) is 0. The average Bonchev–Trinajstić information content (AvgIpc) is 2.57. The first-order valence-electron chi connectivity index (χ1n) is 10.9. The van der Waals surface area contributed by atoms with Crippen molar-refractivity contribution in [1.29, 1.82) is 0 Å². The normalized spacial score (nSPS) is 21.5. The fourth-order valence-electron chi connectivity index (χ4n) is 4.41. The van der Waals surface area contributed by atoms with E-state index in [-0.39, 0.29) is 0 Å². The number of hydrogen-bond acceptors (Lipinski definition) is 0. The molecule has 1 aliphatic carbocycles. The van der Waals surface area contributed by atoms with Crippen LogP contribution in [0.5, 0.6) is 0 Å². The Morgan fingerprint density at radius 2 is 1.22 bits per heavy atom. The summed E-state index contributed by atoms with van der Waals surface area (Å²) in [5.74, 6) is 2.09. The van der Waals surface area contributed by atoms with Crippen LogP contribution in [0.15, 0.2) is 12.2 Å². The molecule has 2 atom stereocenters. The Balaban J connectivity index is 2.06. The monoisotopic (exact) mass is 320 g/mol. The largest absolute Gasteiger partial charge is 0.0999 e. The Morgan fingerprint density at radius 1 is 0.696 bits per heavy atom. The summed E-state index contributed by atoms with van der Waals surface area (Å²) in [4.78, 5) is 0. The van der Waals surface area contributed by atoms with Gasteiger partial charge in [0.1, 0.15) is 0 Å². The molecule has 0 spiro atoms. The van der Waals surface area contributed by atoms with Gasteiger partial charge in [-0.2, -0.15) is 0 Å². The van der Waals surface area contributed by atoms with Crippen molar-refractivity contribution in [3.63, 3.8) is 0 Å². The Morgan fingerprint density at radius 3 is 1.87 bits per heavy atom. The number of unbranched alkanes of at least 4 members (excludes halogenated alkanes) is 6. The molecule has 0 aromatic carbocycles. The van der Waals surface area contributed by atoms with E-state index in [9.17, 15) is 0 Å². The van der Waals surface area contributed by atoms with Gasteiger partial charge in [-0.05, 0) is 43.9 Å². The van der Waals surface area contributed by atoms with E-state index >= 15 is 0 Å². The van der Waals surface area contributed by atoms with Crippen LogP contribution in [-0.2, 0) is 0 Å². The summed E-state index contributed by atoms with van der Waals surface area (Å²) in [6.07, 6.45) is 24.2. The van der Waals surface area contributed by atoms with Gasteiger partial charge in [-0.3, -0.25) is 0 Å². The van der Waals surface area contributed by atoms with Crippen molar-refractivity contribution in [1.82, 2.24) is 0 Å². The van der Waals surface area contributed by atoms with Gasteiger partial charge in [0, 0.05) is 0 Å². The van der Waals surface area contributed by atoms with Gasteiger partial charge in [0.2, 0.25) is 0 Å². The van der Waals surface area contributed by atoms with Crippen molar-refractivity contribution in [2.24, 2.45) is 11.8 Å². The smallest absolute Gasteiger partial charge is 0.0323 e. The van der Waals surface area contributed by atoms with E-state index in [0.29, 0.717) is 0 Å². The lowest BCUT2D eigenvalue weighted by molar-refractivity contribution is 0.204. The van der Waals surface area contributed by atoms with Crippen molar-refractivity contribution in [2.45, 2.75) is 123 Å². The molecule has 0 aliphatic heterocycles. The maximum Gasteiger partial charge on any atom is -0.0323 e. The quantitative estimate of drug-likeness (QED) is 0.222. The second-order valence-electron chi connectivity index (χ2n) is 8.11. The lowest BCUT2D eigenvalue weighted by Gasteiger charge is -2.32. The summed E-state index contributed by atoms with van der Waals surface area (Å²) in [5, 5.41) is 0. The minimum absolute atomic E-state index is 1.04. The molecule has 1 aliphatic rings. The Labute approximate surface area is 147 Å². The molecule has 23 heavy (non-hydrogen) atoms. The van der Waals surface area contributed by atoms with Gasteiger partial charge in [0.15, 0.2) is 0 Å². The summed E-state index contributed by atoms with van der Waals surface area (Å²) < 4.78 is 0. The van der Waals surface area contributed by atoms with Crippen LogP contribution in [0.25, 0.3) is 0 Å². The zero-order valence-electron chi connectivity index (χ0n) is 16.4. The second kappa shape index (κ2) is 14.1. The molecule has 0 bridgehead atoms. The van der Waals surface area contributed by atoms with Gasteiger partial charge in [0.05, 0.1) is 0 Å². The van der Waals surface area contributed by atoms with Crippen molar-refractivity contribution >= 4 is 0 Å². The van der Waals surface area contributed by atoms with Crippen LogP contribution in [0.3, 0.4) is 0 Å². The van der Waals surface area contributed by atoms with Crippen LogP contribution in [0.2, 0.25) is 0 Å². The van der Waals surface area contributed by atoms with E-state index in [1.165, 1.54) is 115 Å². The molecule has 0 heterocycles. The van der Waals surface area contributed by atoms with Gasteiger partial charge in [-0.1, -0.05) is 103 Å². The van der Waals surface area contributed by atoms with Gasteiger partial charge < -0.3 is 0 Å². The van der Waals surface area contributed by atoms with Crippen molar-refractivity contribution in [3.8, 4) is 0 Å². The zero-order chi connectivity index (χ0) is 16.8. The number of rotatable bonds is 14. The molecule has 0 aromatic heterocycles. The Hall–Kier alpha value is -0.260. The predicted molar refractivity (Wildman–Crippen MR) is 106 cm³/mol. The molecule has 0 N–H and O–H groups in total. The molecule has 2 unspecified atom stereocenters. The number of hydrogen-bond donors (Lipinski definition) is 0. The third-order valence-corrected chi connectivity index (χ3v) is 5.98. The topological polar surface area (TPSA) is 0 Å². The average molecular weight is 321 g/mol. The van der Waals surface area contributed by atoms with E-state index in [1.807, 2.05) is 0 Å². The van der Waals surface area contributed by atoms with Gasteiger partial charge >= 0.3 is 0 Å². The van der Waals surface area contributed by atoms with Crippen LogP contribution in [-0.4, -0.2) is 0 Å². The van der Waals surface area contributed by atoms with Gasteiger partial charge in [-0.15, -0.1) is 0 Å². The lowest BCUT2D eigenvalue weighted by Crippen LogP contribution is -2.19. The van der Waals surface area contributed by atoms with Crippen LogP contribution in [0.4, 0.5) is 0 Å². The molecule has 0 heteroatoms. The van der Waals surface area contributed by atoms with E-state index in [0.717, 1.165) is 11.8 Å². The fraction of sp³-hybridized carbons (Fsp3) is 0.913. The minimum Gasteiger partial charge on any atom is -0.0999 e. The standard InChI is InChI=1S/C23H44/c1-4-6-8-9-10-11-15-21(3)16-14-20-23-19-13-12-18-22(23)17-7-5-2/h22-23H,3-20H2,1-2H3. The Kier molecular flexibility index (Phi) is 12.8. The minimum atomic E-state index is 1.04. The Bertz CT molecular complexity index is 278. The summed E-state index contributed by atoms with van der Waals surface area (Å²) in [5.41, 5.74) is 1.53. The molecule has 0 nitrogen and oxygen atoms in total. The zero-order valence-corrected chi connectivity index (χ0v) is 16.4. The van der Waals surface area contributed by atoms with E-state index in [1.54, 1.807) is 0 Å². The van der Waals surface area contributed by atoms with Gasteiger partial charge in [-0.25, -0.2) is 0 Å². The molecule has 0 aromatic rings. The molecule has 0 saturated heterocycles. The third-order valence-electron chi connectivity index (χ3n) is 5.98. The summed E-state index contributed by atoms with van der Waals surface area (Å²) in [6, 6.07) is 0. The fourth-order valence-corrected chi connectivity index (χ4v) is 4.41. The first-order chi connectivity index (χ1) is 11.3. The van der Waals surface area contributed by atoms with E-state index in [2.05, 4.69) is 20.4 Å². The highest BCUT2D eigenvalue weighted by atomic mass is 14.3. The maximum absolute atomic E-state index is 4.34. The van der Waals surface area contributed by atoms with Crippen LogP contribution in [0, 0.1) is 11.8 Å². The lowest BCUT2D eigenvalue weighted by atomic mass is 9.74. The predicted octanol–water partition coefficient (Wildman–Crippen LogP) is 8.46. The van der Waals surface area contributed by atoms with E-state index < -0.39 is 0 Å². The van der Waals surface area contributed by atoms with Crippen molar-refractivity contribution in [2.75, 3.05) is 0 Å². The SMILES string of the molecule is C=C(CCCCCCCC)CCCC1CCCCC1CCCC. The molecule has 0 radical (unpaired) electrons. The highest BCUT2D eigenvalue weighted by Crippen LogP contribution is 2.36. The van der Waals surface area contributed by atoms with Crippen LogP contribution in [0.1, 0.15) is 123 Å². The number of allylic oxidation sites excluding steroid dienone is 1.